The summed E-state index contributed by atoms with van der Waals surface area (Å²) in [5, 5.41) is 4.10. The van der Waals surface area contributed by atoms with Crippen LogP contribution >= 0.6 is 11.8 Å². The molecule has 0 saturated heterocycles. The topological polar surface area (TPSA) is 57.8 Å². The van der Waals surface area contributed by atoms with Gasteiger partial charge in [-0.1, -0.05) is 25.6 Å². The molecule has 2 N–H and O–H groups in total. The van der Waals surface area contributed by atoms with Crippen LogP contribution in [0, 0.1) is 6.92 Å². The molecular formula is C11H19N3OS. The molecule has 5 heteroatoms. The lowest BCUT2D eigenvalue weighted by Gasteiger charge is -2.14. The number of aromatic nitrogens is 2. The summed E-state index contributed by atoms with van der Waals surface area (Å²) in [5.41, 5.74) is 0.689. The summed E-state index contributed by atoms with van der Waals surface area (Å²) in [7, 11) is 0. The largest absolute Gasteiger partial charge is 0.313 e. The number of aryl methyl sites for hydroxylation is 1. The highest BCUT2D eigenvalue weighted by atomic mass is 32.2. The lowest BCUT2D eigenvalue weighted by atomic mass is 10.2. The predicted octanol–water partition coefficient (Wildman–Crippen LogP) is 1.56. The zero-order valence-electron chi connectivity index (χ0n) is 10.0. The van der Waals surface area contributed by atoms with Crippen molar-refractivity contribution in [3.8, 4) is 0 Å². The highest BCUT2D eigenvalue weighted by molar-refractivity contribution is 7.99. The first-order valence-corrected chi connectivity index (χ1v) is 6.58. The van der Waals surface area contributed by atoms with Gasteiger partial charge in [0.25, 0.3) is 5.56 Å². The van der Waals surface area contributed by atoms with E-state index in [1.165, 1.54) is 6.07 Å². The molecule has 4 nitrogen and oxygen atoms in total. The maximum atomic E-state index is 11.2. The van der Waals surface area contributed by atoms with Gasteiger partial charge in [0.1, 0.15) is 0 Å². The molecule has 1 rings (SSSR count). The third kappa shape index (κ3) is 4.37. The molecule has 0 aromatic carbocycles. The van der Waals surface area contributed by atoms with Crippen LogP contribution in [0.1, 0.15) is 26.0 Å². The highest BCUT2D eigenvalue weighted by Gasteiger charge is 2.06. The van der Waals surface area contributed by atoms with Crippen molar-refractivity contribution in [2.75, 3.05) is 12.3 Å². The standard InChI is InChI=1S/C11H19N3OS/c1-4-9(12-5-2)7-16-11-13-8(3)6-10(15)14-11/h6,9,12H,4-5,7H2,1-3H3,(H,13,14,15). The second-order valence-electron chi connectivity index (χ2n) is 3.67. The quantitative estimate of drug-likeness (QED) is 0.586. The van der Waals surface area contributed by atoms with Crippen molar-refractivity contribution in [2.24, 2.45) is 0 Å². The average molecular weight is 241 g/mol. The van der Waals surface area contributed by atoms with Gasteiger partial charge >= 0.3 is 0 Å². The molecular weight excluding hydrogens is 222 g/mol. The molecule has 0 fully saturated rings. The SMILES string of the molecule is CCNC(CC)CSc1nc(C)cc(=O)[nH]1. The van der Waals surface area contributed by atoms with E-state index in [1.54, 1.807) is 11.8 Å². The Balaban J connectivity index is 2.56. The third-order valence-corrected chi connectivity index (χ3v) is 3.29. The summed E-state index contributed by atoms with van der Waals surface area (Å²) in [6.07, 6.45) is 1.08. The lowest BCUT2D eigenvalue weighted by molar-refractivity contribution is 0.560. The van der Waals surface area contributed by atoms with E-state index >= 15 is 0 Å². The second kappa shape index (κ2) is 6.70. The van der Waals surface area contributed by atoms with Crippen LogP contribution in [0.3, 0.4) is 0 Å². The minimum absolute atomic E-state index is 0.0773. The van der Waals surface area contributed by atoms with Crippen molar-refractivity contribution < 1.29 is 0 Å². The van der Waals surface area contributed by atoms with Crippen LogP contribution in [0.15, 0.2) is 16.0 Å². The smallest absolute Gasteiger partial charge is 0.251 e. The van der Waals surface area contributed by atoms with Crippen LogP contribution in [0.2, 0.25) is 0 Å². The van der Waals surface area contributed by atoms with Gasteiger partial charge in [-0.25, -0.2) is 4.98 Å². The number of hydrogen-bond acceptors (Lipinski definition) is 4. The molecule has 0 aliphatic carbocycles. The number of nitrogens with zero attached hydrogens (tertiary/aromatic N) is 1. The van der Waals surface area contributed by atoms with Crippen LogP contribution in [0.5, 0.6) is 0 Å². The van der Waals surface area contributed by atoms with Gasteiger partial charge in [0.05, 0.1) is 0 Å². The summed E-state index contributed by atoms with van der Waals surface area (Å²) in [4.78, 5) is 18.2. The van der Waals surface area contributed by atoms with Crippen molar-refractivity contribution in [1.29, 1.82) is 0 Å². The first kappa shape index (κ1) is 13.3. The number of nitrogens with one attached hydrogen (secondary N) is 2. The normalized spacial score (nSPS) is 12.7. The molecule has 0 spiro atoms. The fourth-order valence-electron chi connectivity index (χ4n) is 1.41. The maximum Gasteiger partial charge on any atom is 0.251 e. The van der Waals surface area contributed by atoms with Crippen molar-refractivity contribution in [1.82, 2.24) is 15.3 Å². The summed E-state index contributed by atoms with van der Waals surface area (Å²) in [6.45, 7) is 7.05. The van der Waals surface area contributed by atoms with E-state index in [9.17, 15) is 4.79 Å². The number of H-pyrrole nitrogens is 1. The van der Waals surface area contributed by atoms with Crippen LogP contribution in [0.25, 0.3) is 0 Å². The Morgan fingerprint density at radius 3 is 2.88 bits per heavy atom. The third-order valence-electron chi connectivity index (χ3n) is 2.25. The van der Waals surface area contributed by atoms with Crippen LogP contribution < -0.4 is 10.9 Å². The van der Waals surface area contributed by atoms with E-state index < -0.39 is 0 Å². The second-order valence-corrected chi connectivity index (χ2v) is 4.67. The van der Waals surface area contributed by atoms with E-state index in [0.29, 0.717) is 11.2 Å². The van der Waals surface area contributed by atoms with Crippen LogP contribution in [-0.2, 0) is 0 Å². The van der Waals surface area contributed by atoms with Crippen molar-refractivity contribution in [3.05, 3.63) is 22.1 Å². The number of aromatic amines is 1. The molecule has 0 amide bonds. The van der Waals surface area contributed by atoms with E-state index in [1.807, 2.05) is 6.92 Å². The Morgan fingerprint density at radius 1 is 1.56 bits per heavy atom. The summed E-state index contributed by atoms with van der Waals surface area (Å²) >= 11 is 1.59. The zero-order valence-corrected chi connectivity index (χ0v) is 10.9. The molecule has 0 saturated carbocycles. The van der Waals surface area contributed by atoms with Gasteiger partial charge in [0.2, 0.25) is 0 Å². The van der Waals surface area contributed by atoms with Gasteiger partial charge in [0.15, 0.2) is 5.16 Å². The minimum Gasteiger partial charge on any atom is -0.313 e. The summed E-state index contributed by atoms with van der Waals surface area (Å²) in [6, 6.07) is 1.98. The van der Waals surface area contributed by atoms with E-state index in [4.69, 9.17) is 0 Å². The minimum atomic E-state index is -0.0773. The summed E-state index contributed by atoms with van der Waals surface area (Å²) in [5.74, 6) is 0.927. The molecule has 0 aliphatic heterocycles. The van der Waals surface area contributed by atoms with Crippen molar-refractivity contribution in [2.45, 2.75) is 38.4 Å². The molecule has 1 aromatic rings. The average Bonchev–Trinajstić information content (AvgIpc) is 2.23. The summed E-state index contributed by atoms with van der Waals surface area (Å²) < 4.78 is 0. The molecule has 0 radical (unpaired) electrons. The monoisotopic (exact) mass is 241 g/mol. The maximum absolute atomic E-state index is 11.2. The van der Waals surface area contributed by atoms with Crippen molar-refractivity contribution in [3.63, 3.8) is 0 Å². The molecule has 1 heterocycles. The number of hydrogen-bond donors (Lipinski definition) is 2. The molecule has 1 atom stereocenters. The Hall–Kier alpha value is -0.810. The van der Waals surface area contributed by atoms with Crippen molar-refractivity contribution >= 4 is 11.8 Å². The van der Waals surface area contributed by atoms with Gasteiger partial charge in [-0.2, -0.15) is 0 Å². The Labute approximate surface area is 100 Å². The van der Waals surface area contributed by atoms with E-state index in [0.717, 1.165) is 24.4 Å². The number of thioether (sulfide) groups is 1. The van der Waals surface area contributed by atoms with Gasteiger partial charge in [0, 0.05) is 23.6 Å². The van der Waals surface area contributed by atoms with Crippen LogP contribution in [-0.4, -0.2) is 28.3 Å². The Bertz CT molecular complexity index is 378. The van der Waals surface area contributed by atoms with Crippen LogP contribution in [0.4, 0.5) is 0 Å². The molecule has 1 unspecified atom stereocenters. The number of rotatable bonds is 6. The molecule has 0 bridgehead atoms. The molecule has 1 aromatic heterocycles. The fraction of sp³-hybridized carbons (Fsp3) is 0.636. The first-order valence-electron chi connectivity index (χ1n) is 5.59. The van der Waals surface area contributed by atoms with E-state index in [-0.39, 0.29) is 5.56 Å². The van der Waals surface area contributed by atoms with E-state index in [2.05, 4.69) is 29.1 Å². The lowest BCUT2D eigenvalue weighted by Crippen LogP contribution is -2.30. The van der Waals surface area contributed by atoms with Gasteiger partial charge in [-0.15, -0.1) is 0 Å². The van der Waals surface area contributed by atoms with Gasteiger partial charge < -0.3 is 10.3 Å². The van der Waals surface area contributed by atoms with Gasteiger partial charge in [-0.3, -0.25) is 4.79 Å². The Kier molecular flexibility index (Phi) is 5.55. The molecule has 90 valence electrons. The first-order chi connectivity index (χ1) is 7.65. The fourth-order valence-corrected chi connectivity index (χ4v) is 2.50. The van der Waals surface area contributed by atoms with Gasteiger partial charge in [-0.05, 0) is 19.9 Å². The molecule has 0 aliphatic rings. The Morgan fingerprint density at radius 2 is 2.31 bits per heavy atom. The predicted molar refractivity (Wildman–Crippen MR) is 68.1 cm³/mol. The zero-order chi connectivity index (χ0) is 12.0. The highest BCUT2D eigenvalue weighted by Crippen LogP contribution is 2.13. The molecule has 16 heavy (non-hydrogen) atoms.